The van der Waals surface area contributed by atoms with Crippen LogP contribution in [0.4, 0.5) is 0 Å². The van der Waals surface area contributed by atoms with Crippen molar-refractivity contribution in [1.82, 2.24) is 0 Å². The van der Waals surface area contributed by atoms with Crippen LogP contribution in [-0.2, 0) is 11.4 Å². The number of benzene rings is 3. The Morgan fingerprint density at radius 3 is 2.11 bits per heavy atom. The van der Waals surface area contributed by atoms with E-state index in [2.05, 4.69) is 0 Å². The van der Waals surface area contributed by atoms with Crippen molar-refractivity contribution in [3.63, 3.8) is 0 Å². The monoisotopic (exact) mass is 436 g/mol. The molecule has 0 fully saturated rings. The Labute approximate surface area is 177 Å². The first-order valence-corrected chi connectivity index (χ1v) is 10.1. The molecule has 1 unspecified atom stereocenters. The molecule has 3 rings (SSSR count). The fourth-order valence-corrected chi connectivity index (χ4v) is 4.17. The van der Waals surface area contributed by atoms with E-state index in [0.29, 0.717) is 15.8 Å². The zero-order valence-corrected chi connectivity index (χ0v) is 17.2. The number of halogens is 3. The third-order valence-corrected chi connectivity index (χ3v) is 6.15. The lowest BCUT2D eigenvalue weighted by Gasteiger charge is -2.13. The lowest BCUT2D eigenvalue weighted by molar-refractivity contribution is -0.111. The van der Waals surface area contributed by atoms with Gasteiger partial charge in [-0.25, -0.2) is 0 Å². The van der Waals surface area contributed by atoms with Crippen LogP contribution in [0.15, 0.2) is 77.7 Å². The average Bonchev–Trinajstić information content (AvgIpc) is 2.67. The Bertz CT molecular complexity index is 894. The molecule has 0 aliphatic rings. The summed E-state index contributed by atoms with van der Waals surface area (Å²) in [7, 11) is 0. The topological polar surface area (TPSA) is 26.3 Å². The van der Waals surface area contributed by atoms with E-state index in [1.807, 2.05) is 54.6 Å². The summed E-state index contributed by atoms with van der Waals surface area (Å²) in [5, 5.41) is 0.281. The molecular formula is C21H15Cl3O2S. The van der Waals surface area contributed by atoms with E-state index in [-0.39, 0.29) is 6.61 Å². The summed E-state index contributed by atoms with van der Waals surface area (Å²) in [6.07, 6.45) is 0. The maximum Gasteiger partial charge on any atom is 0.239 e. The van der Waals surface area contributed by atoms with E-state index in [1.54, 1.807) is 18.2 Å². The van der Waals surface area contributed by atoms with Gasteiger partial charge in [0.05, 0.1) is 0 Å². The first-order chi connectivity index (χ1) is 13.0. The summed E-state index contributed by atoms with van der Waals surface area (Å²) >= 11 is 19.5. The third kappa shape index (κ3) is 5.43. The van der Waals surface area contributed by atoms with Gasteiger partial charge in [0.15, 0.2) is 0 Å². The number of hydrogen-bond acceptors (Lipinski definition) is 3. The summed E-state index contributed by atoms with van der Waals surface area (Å²) in [5.74, 6) is 0.684. The predicted octanol–water partition coefficient (Wildman–Crippen LogP) is 7.17. The van der Waals surface area contributed by atoms with Crippen LogP contribution in [0, 0.1) is 0 Å². The standard InChI is InChI=1S/C21H15Cl3O2S/c22-18-7-4-8-19(23)17(18)13-26-15-9-11-16(12-10-15)27-20(21(24)25)14-5-2-1-3-6-14/h1-12,20H,13H2. The van der Waals surface area contributed by atoms with Crippen LogP contribution in [0.5, 0.6) is 5.75 Å². The van der Waals surface area contributed by atoms with Gasteiger partial charge in [0.25, 0.3) is 0 Å². The van der Waals surface area contributed by atoms with E-state index in [1.165, 1.54) is 11.8 Å². The molecular weight excluding hydrogens is 423 g/mol. The van der Waals surface area contributed by atoms with E-state index in [0.717, 1.165) is 16.0 Å². The Hall–Kier alpha value is -1.65. The van der Waals surface area contributed by atoms with Gasteiger partial charge in [0, 0.05) is 20.5 Å². The lowest BCUT2D eigenvalue weighted by Crippen LogP contribution is -2.02. The maximum atomic E-state index is 11.8. The minimum Gasteiger partial charge on any atom is -0.489 e. The zero-order chi connectivity index (χ0) is 19.2. The molecule has 3 aromatic rings. The summed E-state index contributed by atoms with van der Waals surface area (Å²) in [5.41, 5.74) is 1.62. The summed E-state index contributed by atoms with van der Waals surface area (Å²) < 4.78 is 5.77. The first kappa shape index (κ1) is 20.1. The van der Waals surface area contributed by atoms with E-state index >= 15 is 0 Å². The number of ether oxygens (including phenoxy) is 1. The molecule has 6 heteroatoms. The second-order valence-corrected chi connectivity index (χ2v) is 8.04. The van der Waals surface area contributed by atoms with Gasteiger partial charge in [0.1, 0.15) is 17.6 Å². The Kier molecular flexibility index (Phi) is 7.08. The van der Waals surface area contributed by atoms with Gasteiger partial charge in [-0.3, -0.25) is 4.79 Å². The summed E-state index contributed by atoms with van der Waals surface area (Å²) in [6.45, 7) is 0.276. The largest absolute Gasteiger partial charge is 0.489 e. The maximum absolute atomic E-state index is 11.8. The minimum absolute atomic E-state index is 0.276. The summed E-state index contributed by atoms with van der Waals surface area (Å²) in [6, 6.07) is 22.3. The summed E-state index contributed by atoms with van der Waals surface area (Å²) in [4.78, 5) is 12.8. The Balaban J connectivity index is 1.67. The first-order valence-electron chi connectivity index (χ1n) is 8.11. The molecule has 0 amide bonds. The number of thioether (sulfide) groups is 1. The number of carbonyl (C=O) groups is 1. The molecule has 27 heavy (non-hydrogen) atoms. The highest BCUT2D eigenvalue weighted by atomic mass is 35.5. The second kappa shape index (κ2) is 9.52. The van der Waals surface area contributed by atoms with Crippen molar-refractivity contribution in [2.75, 3.05) is 0 Å². The quantitative estimate of drug-likeness (QED) is 0.289. The van der Waals surface area contributed by atoms with Crippen molar-refractivity contribution >= 4 is 51.8 Å². The van der Waals surface area contributed by atoms with E-state index in [9.17, 15) is 4.79 Å². The molecule has 3 aromatic carbocycles. The molecule has 0 aliphatic carbocycles. The van der Waals surface area contributed by atoms with Gasteiger partial charge in [-0.1, -0.05) is 59.6 Å². The molecule has 0 heterocycles. The third-order valence-electron chi connectivity index (χ3n) is 3.83. The molecule has 0 radical (unpaired) electrons. The predicted molar refractivity (Wildman–Crippen MR) is 113 cm³/mol. The Morgan fingerprint density at radius 1 is 0.889 bits per heavy atom. The van der Waals surface area contributed by atoms with Crippen LogP contribution >= 0.6 is 46.6 Å². The zero-order valence-electron chi connectivity index (χ0n) is 14.1. The molecule has 0 saturated carbocycles. The molecule has 0 bridgehead atoms. The van der Waals surface area contributed by atoms with Gasteiger partial charge < -0.3 is 4.74 Å². The van der Waals surface area contributed by atoms with E-state index in [4.69, 9.17) is 39.5 Å². The molecule has 2 nitrogen and oxygen atoms in total. The highest BCUT2D eigenvalue weighted by molar-refractivity contribution is 8.00. The van der Waals surface area contributed by atoms with Crippen molar-refractivity contribution in [3.8, 4) is 5.75 Å². The van der Waals surface area contributed by atoms with Crippen LogP contribution in [-0.4, -0.2) is 5.24 Å². The average molecular weight is 438 g/mol. The molecule has 1 atom stereocenters. The smallest absolute Gasteiger partial charge is 0.239 e. The van der Waals surface area contributed by atoms with Crippen molar-refractivity contribution in [3.05, 3.63) is 94.0 Å². The number of hydrogen-bond donors (Lipinski definition) is 0. The van der Waals surface area contributed by atoms with Crippen LogP contribution < -0.4 is 4.74 Å². The van der Waals surface area contributed by atoms with E-state index < -0.39 is 10.5 Å². The van der Waals surface area contributed by atoms with Crippen LogP contribution in [0.25, 0.3) is 0 Å². The molecule has 0 spiro atoms. The van der Waals surface area contributed by atoms with Gasteiger partial charge in [0.2, 0.25) is 5.24 Å². The van der Waals surface area contributed by atoms with Gasteiger partial charge in [-0.15, -0.1) is 11.8 Å². The Morgan fingerprint density at radius 2 is 1.52 bits per heavy atom. The normalized spacial score (nSPS) is 11.8. The molecule has 0 saturated heterocycles. The second-order valence-electron chi connectivity index (χ2n) is 5.67. The van der Waals surface area contributed by atoms with Crippen molar-refractivity contribution < 1.29 is 9.53 Å². The van der Waals surface area contributed by atoms with Crippen LogP contribution in [0.3, 0.4) is 0 Å². The molecule has 0 aromatic heterocycles. The van der Waals surface area contributed by atoms with Gasteiger partial charge in [-0.2, -0.15) is 0 Å². The SMILES string of the molecule is O=C(Cl)C(Sc1ccc(OCc2c(Cl)cccc2Cl)cc1)c1ccccc1. The van der Waals surface area contributed by atoms with Crippen LogP contribution in [0.1, 0.15) is 16.4 Å². The highest BCUT2D eigenvalue weighted by Crippen LogP contribution is 2.37. The van der Waals surface area contributed by atoms with Crippen LogP contribution in [0.2, 0.25) is 10.0 Å². The fraction of sp³-hybridized carbons (Fsp3) is 0.0952. The number of rotatable bonds is 7. The van der Waals surface area contributed by atoms with Gasteiger partial charge in [-0.05, 0) is 53.6 Å². The minimum atomic E-state index is -0.457. The molecule has 0 aliphatic heterocycles. The fourth-order valence-electron chi connectivity index (χ4n) is 2.45. The van der Waals surface area contributed by atoms with Crippen molar-refractivity contribution in [1.29, 1.82) is 0 Å². The lowest BCUT2D eigenvalue weighted by atomic mass is 10.2. The van der Waals surface area contributed by atoms with Crippen molar-refractivity contribution in [2.45, 2.75) is 16.8 Å². The van der Waals surface area contributed by atoms with Crippen molar-refractivity contribution in [2.24, 2.45) is 0 Å². The highest BCUT2D eigenvalue weighted by Gasteiger charge is 2.20. The van der Waals surface area contributed by atoms with Gasteiger partial charge >= 0.3 is 0 Å². The molecule has 138 valence electrons. The molecule has 0 N–H and O–H groups in total. The number of carbonyl (C=O) groups excluding carboxylic acids is 1.